The van der Waals surface area contributed by atoms with Gasteiger partial charge in [0.2, 0.25) is 0 Å². The molecule has 1 aromatic carbocycles. The lowest BCUT2D eigenvalue weighted by molar-refractivity contribution is -0.137. The maximum Gasteiger partial charge on any atom is 0.417 e. The Bertz CT molecular complexity index is 582. The second-order valence-electron chi connectivity index (χ2n) is 4.47. The van der Waals surface area contributed by atoms with Crippen LogP contribution >= 0.6 is 0 Å². The van der Waals surface area contributed by atoms with E-state index in [0.29, 0.717) is 6.54 Å². The first-order valence-electron chi connectivity index (χ1n) is 5.95. The van der Waals surface area contributed by atoms with Crippen LogP contribution in [0.2, 0.25) is 0 Å². The smallest absolute Gasteiger partial charge is 0.382 e. The molecule has 0 saturated heterocycles. The summed E-state index contributed by atoms with van der Waals surface area (Å²) in [5, 5.41) is 0. The monoisotopic (exact) mass is 281 g/mol. The second kappa shape index (κ2) is 5.40. The lowest BCUT2D eigenvalue weighted by atomic mass is 10.2. The second-order valence-corrected chi connectivity index (χ2v) is 4.47. The molecule has 0 bridgehead atoms. The molecule has 2 N–H and O–H groups in total. The van der Waals surface area contributed by atoms with Crippen molar-refractivity contribution in [2.24, 2.45) is 0 Å². The molecular formula is C14H14F3N3. The number of hydrogen-bond acceptors (Lipinski definition) is 3. The molecule has 6 heteroatoms. The molecule has 106 valence electrons. The van der Waals surface area contributed by atoms with Crippen LogP contribution in [0.5, 0.6) is 0 Å². The summed E-state index contributed by atoms with van der Waals surface area (Å²) in [6, 6.07) is 10.4. The highest BCUT2D eigenvalue weighted by Gasteiger charge is 2.32. The number of hydrogen-bond donors (Lipinski definition) is 1. The van der Waals surface area contributed by atoms with Gasteiger partial charge in [0.15, 0.2) is 0 Å². The fourth-order valence-electron chi connectivity index (χ4n) is 1.87. The van der Waals surface area contributed by atoms with Gasteiger partial charge in [-0.2, -0.15) is 13.2 Å². The van der Waals surface area contributed by atoms with Gasteiger partial charge in [0.05, 0.1) is 11.3 Å². The number of halogens is 3. The summed E-state index contributed by atoms with van der Waals surface area (Å²) in [4.78, 5) is 5.27. The Labute approximate surface area is 114 Å². The quantitative estimate of drug-likeness (QED) is 0.938. The summed E-state index contributed by atoms with van der Waals surface area (Å²) in [7, 11) is 1.68. The molecule has 1 heterocycles. The number of rotatable bonds is 3. The number of nitrogens with two attached hydrogens (primary N) is 1. The molecule has 0 spiro atoms. The van der Waals surface area contributed by atoms with Crippen LogP contribution in [0.1, 0.15) is 11.1 Å². The minimum atomic E-state index is -4.43. The molecule has 1 aromatic heterocycles. The fourth-order valence-corrected chi connectivity index (χ4v) is 1.87. The number of anilines is 2. The van der Waals surface area contributed by atoms with Crippen molar-refractivity contribution in [1.29, 1.82) is 0 Å². The van der Waals surface area contributed by atoms with Crippen molar-refractivity contribution in [3.05, 3.63) is 53.7 Å². The Morgan fingerprint density at radius 1 is 1.20 bits per heavy atom. The van der Waals surface area contributed by atoms with Gasteiger partial charge in [-0.25, -0.2) is 4.98 Å². The third-order valence-electron chi connectivity index (χ3n) is 2.90. The first-order chi connectivity index (χ1) is 9.38. The van der Waals surface area contributed by atoms with Crippen molar-refractivity contribution in [3.8, 4) is 0 Å². The zero-order chi connectivity index (χ0) is 14.8. The summed E-state index contributed by atoms with van der Waals surface area (Å²) < 4.78 is 38.1. The molecule has 0 saturated carbocycles. The molecule has 2 rings (SSSR count). The van der Waals surface area contributed by atoms with Crippen molar-refractivity contribution in [1.82, 2.24) is 4.98 Å². The lowest BCUT2D eigenvalue weighted by Gasteiger charge is -2.21. The van der Waals surface area contributed by atoms with Crippen molar-refractivity contribution >= 4 is 11.5 Å². The summed E-state index contributed by atoms with van der Waals surface area (Å²) in [5.41, 5.74) is 6.11. The maximum absolute atomic E-state index is 12.7. The Morgan fingerprint density at radius 3 is 2.45 bits per heavy atom. The van der Waals surface area contributed by atoms with Crippen LogP contribution in [0.25, 0.3) is 0 Å². The standard InChI is InChI=1S/C14H14F3N3/c1-20(9-10-5-3-2-4-6-10)12-7-11(14(15,16)17)8-19-13(12)18/h2-8H,9H2,1H3,(H2,18,19). The summed E-state index contributed by atoms with van der Waals surface area (Å²) in [6.45, 7) is 0.452. The van der Waals surface area contributed by atoms with Crippen LogP contribution in [0.15, 0.2) is 42.6 Å². The van der Waals surface area contributed by atoms with Crippen LogP contribution in [0.4, 0.5) is 24.7 Å². The molecule has 3 nitrogen and oxygen atoms in total. The largest absolute Gasteiger partial charge is 0.417 e. The highest BCUT2D eigenvalue weighted by atomic mass is 19.4. The van der Waals surface area contributed by atoms with E-state index in [0.717, 1.165) is 17.8 Å². The third-order valence-corrected chi connectivity index (χ3v) is 2.90. The topological polar surface area (TPSA) is 42.2 Å². The number of benzene rings is 1. The number of alkyl halides is 3. The van der Waals surface area contributed by atoms with Crippen molar-refractivity contribution in [2.75, 3.05) is 17.7 Å². The number of aromatic nitrogens is 1. The van der Waals surface area contributed by atoms with Crippen LogP contribution in [0, 0.1) is 0 Å². The molecule has 0 atom stereocenters. The third kappa shape index (κ3) is 3.20. The molecule has 0 aliphatic carbocycles. The van der Waals surface area contributed by atoms with Crippen molar-refractivity contribution in [2.45, 2.75) is 12.7 Å². The highest BCUT2D eigenvalue weighted by molar-refractivity contribution is 5.64. The fraction of sp³-hybridized carbons (Fsp3) is 0.214. The van der Waals surface area contributed by atoms with Crippen LogP contribution in [0.3, 0.4) is 0 Å². The summed E-state index contributed by atoms with van der Waals surface area (Å²) in [5.74, 6) is 0.0800. The van der Waals surface area contributed by atoms with Gasteiger partial charge < -0.3 is 10.6 Å². The van der Waals surface area contributed by atoms with Crippen molar-refractivity contribution in [3.63, 3.8) is 0 Å². The van der Waals surface area contributed by atoms with Gasteiger partial charge >= 0.3 is 6.18 Å². The Balaban J connectivity index is 2.27. The number of pyridine rings is 1. The van der Waals surface area contributed by atoms with Gasteiger partial charge in [-0.1, -0.05) is 30.3 Å². The van der Waals surface area contributed by atoms with E-state index in [4.69, 9.17) is 5.73 Å². The first-order valence-corrected chi connectivity index (χ1v) is 5.95. The molecule has 2 aromatic rings. The lowest BCUT2D eigenvalue weighted by Crippen LogP contribution is -2.19. The average molecular weight is 281 g/mol. The van der Waals surface area contributed by atoms with E-state index in [1.807, 2.05) is 30.3 Å². The average Bonchev–Trinajstić information content (AvgIpc) is 2.39. The molecule has 0 unspecified atom stereocenters. The van der Waals surface area contributed by atoms with E-state index in [9.17, 15) is 13.2 Å². The van der Waals surface area contributed by atoms with E-state index in [2.05, 4.69) is 4.98 Å². The van der Waals surface area contributed by atoms with Gasteiger partial charge in [-0.15, -0.1) is 0 Å². The van der Waals surface area contributed by atoms with Crippen molar-refractivity contribution < 1.29 is 13.2 Å². The summed E-state index contributed by atoms with van der Waals surface area (Å²) >= 11 is 0. The van der Waals surface area contributed by atoms with E-state index in [1.165, 1.54) is 0 Å². The van der Waals surface area contributed by atoms with Crippen LogP contribution in [-0.4, -0.2) is 12.0 Å². The zero-order valence-corrected chi connectivity index (χ0v) is 10.9. The molecule has 0 aliphatic rings. The number of nitrogens with zero attached hydrogens (tertiary/aromatic N) is 2. The highest BCUT2D eigenvalue weighted by Crippen LogP contribution is 2.33. The SMILES string of the molecule is CN(Cc1ccccc1)c1cc(C(F)(F)F)cnc1N. The van der Waals surface area contributed by atoms with Crippen LogP contribution in [-0.2, 0) is 12.7 Å². The zero-order valence-electron chi connectivity index (χ0n) is 10.9. The van der Waals surface area contributed by atoms with Gasteiger partial charge in [0, 0.05) is 19.8 Å². The Kier molecular flexibility index (Phi) is 3.83. The minimum Gasteiger partial charge on any atom is -0.382 e. The molecule has 20 heavy (non-hydrogen) atoms. The molecule has 0 radical (unpaired) electrons. The van der Waals surface area contributed by atoms with E-state index < -0.39 is 11.7 Å². The predicted octanol–water partition coefficient (Wildman–Crippen LogP) is 3.32. The van der Waals surface area contributed by atoms with Gasteiger partial charge in [0.1, 0.15) is 5.82 Å². The first kappa shape index (κ1) is 14.2. The minimum absolute atomic E-state index is 0.0800. The molecule has 0 fully saturated rings. The van der Waals surface area contributed by atoms with E-state index in [-0.39, 0.29) is 11.5 Å². The molecule has 0 amide bonds. The summed E-state index contributed by atoms with van der Waals surface area (Å²) in [6.07, 6.45) is -3.68. The molecular weight excluding hydrogens is 267 g/mol. The Hall–Kier alpha value is -2.24. The van der Waals surface area contributed by atoms with E-state index in [1.54, 1.807) is 11.9 Å². The normalized spacial score (nSPS) is 11.4. The van der Waals surface area contributed by atoms with Gasteiger partial charge in [0.25, 0.3) is 0 Å². The van der Waals surface area contributed by atoms with Crippen LogP contribution < -0.4 is 10.6 Å². The molecule has 0 aliphatic heterocycles. The van der Waals surface area contributed by atoms with E-state index >= 15 is 0 Å². The van der Waals surface area contributed by atoms with Gasteiger partial charge in [-0.05, 0) is 11.6 Å². The van der Waals surface area contributed by atoms with Gasteiger partial charge in [-0.3, -0.25) is 0 Å². The maximum atomic E-state index is 12.7. The Morgan fingerprint density at radius 2 is 1.85 bits per heavy atom. The number of nitrogen functional groups attached to an aromatic ring is 1. The predicted molar refractivity (Wildman–Crippen MR) is 72.2 cm³/mol.